The van der Waals surface area contributed by atoms with Gasteiger partial charge in [0.1, 0.15) is 5.82 Å². The molecule has 5 heteroatoms. The van der Waals surface area contributed by atoms with Crippen LogP contribution in [0.3, 0.4) is 0 Å². The number of aryl methyl sites for hydroxylation is 1. The molecule has 1 aliphatic carbocycles. The number of halogens is 1. The van der Waals surface area contributed by atoms with Gasteiger partial charge >= 0.3 is 5.97 Å². The third-order valence-electron chi connectivity index (χ3n) is 4.46. The van der Waals surface area contributed by atoms with Crippen LogP contribution in [0.25, 0.3) is 0 Å². The van der Waals surface area contributed by atoms with Crippen LogP contribution in [0.15, 0.2) is 54.6 Å². The number of carbonyl (C=O) groups excluding carboxylic acids is 2. The summed E-state index contributed by atoms with van der Waals surface area (Å²) >= 11 is 0. The first kappa shape index (κ1) is 18.1. The van der Waals surface area contributed by atoms with E-state index in [1.165, 1.54) is 12.1 Å². The third kappa shape index (κ3) is 5.41. The van der Waals surface area contributed by atoms with E-state index in [1.807, 2.05) is 30.3 Å². The van der Waals surface area contributed by atoms with Crippen LogP contribution in [0.4, 0.5) is 4.39 Å². The molecule has 1 fully saturated rings. The number of benzene rings is 2. The lowest BCUT2D eigenvalue weighted by Crippen LogP contribution is -2.33. The molecule has 1 atom stereocenters. The second-order valence-corrected chi connectivity index (χ2v) is 6.58. The molecule has 2 aromatic rings. The zero-order valence-corrected chi connectivity index (χ0v) is 14.5. The minimum Gasteiger partial charge on any atom is -0.456 e. The number of esters is 1. The van der Waals surface area contributed by atoms with Gasteiger partial charge in [-0.2, -0.15) is 0 Å². The number of carbonyl (C=O) groups is 2. The van der Waals surface area contributed by atoms with Crippen molar-refractivity contribution < 1.29 is 18.7 Å². The lowest BCUT2D eigenvalue weighted by atomic mass is 10.0. The van der Waals surface area contributed by atoms with Crippen molar-refractivity contribution in [3.05, 3.63) is 71.5 Å². The highest BCUT2D eigenvalue weighted by molar-refractivity contribution is 5.81. The van der Waals surface area contributed by atoms with Crippen molar-refractivity contribution in [2.24, 2.45) is 5.92 Å². The van der Waals surface area contributed by atoms with E-state index in [2.05, 4.69) is 5.32 Å². The summed E-state index contributed by atoms with van der Waals surface area (Å²) in [7, 11) is 0. The van der Waals surface area contributed by atoms with Crippen LogP contribution in [0.5, 0.6) is 0 Å². The molecule has 136 valence electrons. The van der Waals surface area contributed by atoms with Crippen molar-refractivity contribution >= 4 is 11.9 Å². The molecule has 1 unspecified atom stereocenters. The Balaban J connectivity index is 1.42. The topological polar surface area (TPSA) is 55.4 Å². The number of nitrogens with one attached hydrogen (secondary N) is 1. The summed E-state index contributed by atoms with van der Waals surface area (Å²) in [5, 5.41) is 2.97. The van der Waals surface area contributed by atoms with Crippen LogP contribution in [0.1, 0.15) is 36.4 Å². The van der Waals surface area contributed by atoms with Crippen molar-refractivity contribution in [2.45, 2.75) is 31.7 Å². The first-order chi connectivity index (χ1) is 12.6. The minimum absolute atomic E-state index is 0.0263. The molecule has 4 nitrogen and oxygen atoms in total. The van der Waals surface area contributed by atoms with Gasteiger partial charge in [-0.1, -0.05) is 42.5 Å². The Morgan fingerprint density at radius 3 is 2.42 bits per heavy atom. The maximum absolute atomic E-state index is 12.8. The van der Waals surface area contributed by atoms with E-state index in [0.717, 1.165) is 24.0 Å². The second kappa shape index (κ2) is 8.61. The molecular weight excluding hydrogens is 333 g/mol. The van der Waals surface area contributed by atoms with Gasteiger partial charge in [0, 0.05) is 6.42 Å². The molecule has 0 aliphatic heterocycles. The molecule has 1 N–H and O–H groups in total. The number of hydrogen-bond donors (Lipinski definition) is 1. The van der Waals surface area contributed by atoms with Gasteiger partial charge in [0.25, 0.3) is 5.91 Å². The molecule has 0 aromatic heterocycles. The van der Waals surface area contributed by atoms with Crippen LogP contribution in [0, 0.1) is 11.7 Å². The predicted octanol–water partition coefficient (Wildman–Crippen LogP) is 3.57. The number of ether oxygens (including phenoxy) is 1. The van der Waals surface area contributed by atoms with E-state index in [1.54, 1.807) is 12.1 Å². The van der Waals surface area contributed by atoms with Crippen LogP contribution in [-0.4, -0.2) is 18.5 Å². The van der Waals surface area contributed by atoms with E-state index < -0.39 is 5.97 Å². The second-order valence-electron chi connectivity index (χ2n) is 6.58. The van der Waals surface area contributed by atoms with Crippen molar-refractivity contribution in [2.75, 3.05) is 6.61 Å². The highest BCUT2D eigenvalue weighted by Crippen LogP contribution is 2.40. The van der Waals surface area contributed by atoms with Crippen molar-refractivity contribution in [3.8, 4) is 0 Å². The fraction of sp³-hybridized carbons (Fsp3) is 0.333. The smallest absolute Gasteiger partial charge is 0.306 e. The Labute approximate surface area is 152 Å². The molecular formula is C21H22FNO3. The molecule has 1 amide bonds. The van der Waals surface area contributed by atoms with Gasteiger partial charge in [0.2, 0.25) is 0 Å². The molecule has 0 radical (unpaired) electrons. The maximum atomic E-state index is 12.8. The molecule has 1 aliphatic rings. The molecule has 0 bridgehead atoms. The van der Waals surface area contributed by atoms with Crippen LogP contribution < -0.4 is 5.32 Å². The van der Waals surface area contributed by atoms with Gasteiger partial charge in [-0.3, -0.25) is 9.59 Å². The normalized spacial score (nSPS) is 14.5. The number of rotatable bonds is 8. The number of hydrogen-bond acceptors (Lipinski definition) is 3. The van der Waals surface area contributed by atoms with Crippen LogP contribution >= 0.6 is 0 Å². The lowest BCUT2D eigenvalue weighted by molar-refractivity contribution is -0.148. The molecule has 3 rings (SSSR count). The summed E-state index contributed by atoms with van der Waals surface area (Å²) in [5.41, 5.74) is 1.93. The minimum atomic E-state index is -0.438. The Kier molecular flexibility index (Phi) is 6.00. The summed E-state index contributed by atoms with van der Waals surface area (Å²) in [6.45, 7) is -0.279. The molecule has 0 heterocycles. The summed E-state index contributed by atoms with van der Waals surface area (Å²) in [6.07, 6.45) is 2.80. The average molecular weight is 355 g/mol. The maximum Gasteiger partial charge on any atom is 0.306 e. The molecule has 2 aromatic carbocycles. The lowest BCUT2D eigenvalue weighted by Gasteiger charge is -2.18. The Morgan fingerprint density at radius 1 is 1.08 bits per heavy atom. The van der Waals surface area contributed by atoms with Gasteiger partial charge in [-0.05, 0) is 48.4 Å². The summed E-state index contributed by atoms with van der Waals surface area (Å²) in [4.78, 5) is 24.0. The standard InChI is InChI=1S/C21H22FNO3/c22-18-11-6-15(7-12-18)8-13-20(25)26-14-19(24)23-21(17-9-10-17)16-4-2-1-3-5-16/h1-7,11-12,17,21H,8-10,13-14H2,(H,23,24). The Morgan fingerprint density at radius 2 is 1.77 bits per heavy atom. The first-order valence-electron chi connectivity index (χ1n) is 8.86. The van der Waals surface area contributed by atoms with Gasteiger partial charge in [0.15, 0.2) is 6.61 Å². The number of amides is 1. The van der Waals surface area contributed by atoms with Crippen LogP contribution in [-0.2, 0) is 20.7 Å². The zero-order valence-electron chi connectivity index (χ0n) is 14.5. The monoisotopic (exact) mass is 355 g/mol. The third-order valence-corrected chi connectivity index (χ3v) is 4.46. The Bertz CT molecular complexity index is 742. The molecule has 26 heavy (non-hydrogen) atoms. The van der Waals surface area contributed by atoms with Gasteiger partial charge in [-0.15, -0.1) is 0 Å². The highest BCUT2D eigenvalue weighted by Gasteiger charge is 2.33. The van der Waals surface area contributed by atoms with Gasteiger partial charge in [-0.25, -0.2) is 4.39 Å². The fourth-order valence-electron chi connectivity index (χ4n) is 2.89. The fourth-order valence-corrected chi connectivity index (χ4v) is 2.89. The largest absolute Gasteiger partial charge is 0.456 e. The van der Waals surface area contributed by atoms with Crippen molar-refractivity contribution in [3.63, 3.8) is 0 Å². The van der Waals surface area contributed by atoms with Gasteiger partial charge < -0.3 is 10.1 Å². The first-order valence-corrected chi connectivity index (χ1v) is 8.86. The van der Waals surface area contributed by atoms with E-state index in [0.29, 0.717) is 12.3 Å². The van der Waals surface area contributed by atoms with Crippen molar-refractivity contribution in [1.82, 2.24) is 5.32 Å². The SMILES string of the molecule is O=C(COC(=O)CCc1ccc(F)cc1)NC(c1ccccc1)C1CC1. The van der Waals surface area contributed by atoms with E-state index in [-0.39, 0.29) is 30.8 Å². The summed E-state index contributed by atoms with van der Waals surface area (Å²) in [6, 6.07) is 15.8. The van der Waals surface area contributed by atoms with E-state index in [9.17, 15) is 14.0 Å². The summed E-state index contributed by atoms with van der Waals surface area (Å²) < 4.78 is 17.9. The zero-order chi connectivity index (χ0) is 18.4. The average Bonchev–Trinajstić information content (AvgIpc) is 3.50. The molecule has 0 saturated heterocycles. The van der Waals surface area contributed by atoms with Gasteiger partial charge in [0.05, 0.1) is 6.04 Å². The quantitative estimate of drug-likeness (QED) is 0.737. The Hall–Kier alpha value is -2.69. The predicted molar refractivity (Wildman–Crippen MR) is 95.7 cm³/mol. The van der Waals surface area contributed by atoms with E-state index in [4.69, 9.17) is 4.74 Å². The van der Waals surface area contributed by atoms with Crippen LogP contribution in [0.2, 0.25) is 0 Å². The van der Waals surface area contributed by atoms with Crippen molar-refractivity contribution in [1.29, 1.82) is 0 Å². The summed E-state index contributed by atoms with van der Waals surface area (Å²) in [5.74, 6) is -0.583. The molecule has 1 saturated carbocycles. The molecule has 0 spiro atoms. The van der Waals surface area contributed by atoms with E-state index >= 15 is 0 Å². The highest BCUT2D eigenvalue weighted by atomic mass is 19.1.